The molecule has 6 atom stereocenters. The molecule has 2 fully saturated rings. The molecular formula is C34H38N2O6S. The van der Waals surface area contributed by atoms with E-state index >= 15 is 0 Å². The summed E-state index contributed by atoms with van der Waals surface area (Å²) < 4.78 is 29.6. The maximum Gasteiger partial charge on any atom is 0.329 e. The highest BCUT2D eigenvalue weighted by Gasteiger charge is 2.56. The first-order valence-corrected chi connectivity index (χ1v) is 16.6. The van der Waals surface area contributed by atoms with Gasteiger partial charge in [0.15, 0.2) is 0 Å². The number of fused-ring (bicyclic) bond motifs is 5. The molecule has 226 valence electrons. The van der Waals surface area contributed by atoms with Crippen LogP contribution in [0.3, 0.4) is 0 Å². The number of primary sulfonamides is 1. The van der Waals surface area contributed by atoms with Crippen molar-refractivity contribution in [2.24, 2.45) is 22.4 Å². The summed E-state index contributed by atoms with van der Waals surface area (Å²) in [4.78, 5) is 26.9. The lowest BCUT2D eigenvalue weighted by molar-refractivity contribution is -0.159. The van der Waals surface area contributed by atoms with E-state index in [0.29, 0.717) is 23.5 Å². The zero-order valence-corrected chi connectivity index (χ0v) is 25.1. The lowest BCUT2D eigenvalue weighted by Crippen LogP contribution is -2.48. The van der Waals surface area contributed by atoms with Gasteiger partial charge in [0.2, 0.25) is 10.0 Å². The summed E-state index contributed by atoms with van der Waals surface area (Å²) in [5.41, 5.74) is 3.58. The zero-order valence-electron chi connectivity index (χ0n) is 24.2. The SMILES string of the molecule is C[C@]12CCC3c4ccc(O)cc4CCC3C1CC[C@@H]2OC(=O)[C@H](Cc1ccccc1)NC(=O)c1ccc(S(N)(=O)=O)cc1. The van der Waals surface area contributed by atoms with Gasteiger partial charge in [0.05, 0.1) is 4.90 Å². The number of aromatic hydroxyl groups is 1. The number of rotatable bonds is 7. The van der Waals surface area contributed by atoms with E-state index in [4.69, 9.17) is 9.88 Å². The second kappa shape index (κ2) is 11.4. The highest BCUT2D eigenvalue weighted by atomic mass is 32.2. The average molecular weight is 603 g/mol. The predicted octanol–water partition coefficient (Wildman–Crippen LogP) is 4.85. The summed E-state index contributed by atoms with van der Waals surface area (Å²) in [6.45, 7) is 2.27. The van der Waals surface area contributed by atoms with Gasteiger partial charge >= 0.3 is 5.97 Å². The Morgan fingerprint density at radius 1 is 1.02 bits per heavy atom. The Balaban J connectivity index is 1.19. The molecule has 4 N–H and O–H groups in total. The Morgan fingerprint density at radius 3 is 2.49 bits per heavy atom. The Kier molecular flexibility index (Phi) is 7.81. The van der Waals surface area contributed by atoms with Crippen LogP contribution in [0.15, 0.2) is 77.7 Å². The first-order valence-electron chi connectivity index (χ1n) is 15.0. The van der Waals surface area contributed by atoms with E-state index in [1.54, 1.807) is 6.07 Å². The van der Waals surface area contributed by atoms with Crippen LogP contribution < -0.4 is 10.5 Å². The molecule has 3 aliphatic carbocycles. The number of sulfonamides is 1. The van der Waals surface area contributed by atoms with Crippen molar-refractivity contribution in [3.05, 3.63) is 95.1 Å². The van der Waals surface area contributed by atoms with Crippen LogP contribution >= 0.6 is 0 Å². The lowest BCUT2D eigenvalue weighted by Gasteiger charge is -2.50. The van der Waals surface area contributed by atoms with Crippen molar-refractivity contribution < 1.29 is 27.9 Å². The highest BCUT2D eigenvalue weighted by Crippen LogP contribution is 2.61. The van der Waals surface area contributed by atoms with Gasteiger partial charge in [-0.3, -0.25) is 4.79 Å². The van der Waals surface area contributed by atoms with Gasteiger partial charge in [-0.25, -0.2) is 18.4 Å². The van der Waals surface area contributed by atoms with Crippen LogP contribution in [0.2, 0.25) is 0 Å². The van der Waals surface area contributed by atoms with Gasteiger partial charge < -0.3 is 15.2 Å². The fourth-order valence-electron chi connectivity index (χ4n) is 8.02. The van der Waals surface area contributed by atoms with Gasteiger partial charge in [0.1, 0.15) is 17.9 Å². The topological polar surface area (TPSA) is 136 Å². The molecule has 3 aromatic rings. The number of esters is 1. The summed E-state index contributed by atoms with van der Waals surface area (Å²) in [6, 6.07) is 19.7. The third kappa shape index (κ3) is 5.80. The maximum absolute atomic E-state index is 13.8. The van der Waals surface area contributed by atoms with Gasteiger partial charge in [-0.05, 0) is 109 Å². The summed E-state index contributed by atoms with van der Waals surface area (Å²) in [5.74, 6) is 0.773. The van der Waals surface area contributed by atoms with E-state index < -0.39 is 27.9 Å². The predicted molar refractivity (Wildman–Crippen MR) is 162 cm³/mol. The van der Waals surface area contributed by atoms with Crippen LogP contribution in [-0.4, -0.2) is 37.5 Å². The van der Waals surface area contributed by atoms with Crippen LogP contribution in [0.4, 0.5) is 0 Å². The number of phenols is 1. The van der Waals surface area contributed by atoms with E-state index in [9.17, 15) is 23.1 Å². The molecule has 0 radical (unpaired) electrons. The second-order valence-electron chi connectivity index (χ2n) is 12.6. The molecular weight excluding hydrogens is 564 g/mol. The van der Waals surface area contributed by atoms with Crippen molar-refractivity contribution in [1.82, 2.24) is 5.32 Å². The zero-order chi connectivity index (χ0) is 30.4. The van der Waals surface area contributed by atoms with Crippen LogP contribution in [0.25, 0.3) is 0 Å². The summed E-state index contributed by atoms with van der Waals surface area (Å²) in [5, 5.41) is 18.0. The molecule has 43 heavy (non-hydrogen) atoms. The summed E-state index contributed by atoms with van der Waals surface area (Å²) >= 11 is 0. The quantitative estimate of drug-likeness (QED) is 0.331. The molecule has 1 amide bonds. The average Bonchev–Trinajstić information content (AvgIpc) is 3.32. The minimum Gasteiger partial charge on any atom is -0.508 e. The van der Waals surface area contributed by atoms with Gasteiger partial charge in [-0.1, -0.05) is 43.3 Å². The Hall–Kier alpha value is -3.69. The molecule has 0 bridgehead atoms. The minimum absolute atomic E-state index is 0.0948. The molecule has 3 unspecified atom stereocenters. The largest absolute Gasteiger partial charge is 0.508 e. The van der Waals surface area contributed by atoms with E-state index in [1.165, 1.54) is 35.4 Å². The monoisotopic (exact) mass is 602 g/mol. The molecule has 0 spiro atoms. The Labute approximate surface area is 252 Å². The van der Waals surface area contributed by atoms with Gasteiger partial charge in [-0.2, -0.15) is 0 Å². The number of nitrogens with one attached hydrogen (secondary N) is 1. The number of benzene rings is 3. The van der Waals surface area contributed by atoms with Crippen molar-refractivity contribution in [2.45, 2.75) is 74.8 Å². The molecule has 9 heteroatoms. The molecule has 2 saturated carbocycles. The van der Waals surface area contributed by atoms with Crippen molar-refractivity contribution in [3.8, 4) is 5.75 Å². The van der Waals surface area contributed by atoms with E-state index in [1.807, 2.05) is 36.4 Å². The summed E-state index contributed by atoms with van der Waals surface area (Å²) in [7, 11) is -3.89. The molecule has 3 aromatic carbocycles. The molecule has 6 rings (SSSR count). The molecule has 8 nitrogen and oxygen atoms in total. The maximum atomic E-state index is 13.8. The lowest BCUT2D eigenvalue weighted by atomic mass is 9.55. The fraction of sp³-hybridized carbons (Fsp3) is 0.412. The standard InChI is InChI=1S/C34H38N2O6S/c1-34-18-17-27-26-14-10-24(37)20-23(26)9-13-28(27)29(34)15-16-31(34)42-33(39)30(19-21-5-3-2-4-6-21)36-32(38)22-7-11-25(12-8-22)43(35,40)41/h2-8,10-12,14,20,27-31,37H,9,13,15-19H2,1H3,(H,36,38)(H2,35,40,41)/t27?,28?,29?,30-,31-,34-/m0/s1. The van der Waals surface area contributed by atoms with E-state index in [2.05, 4.69) is 18.3 Å². The smallest absolute Gasteiger partial charge is 0.329 e. The molecule has 0 aliphatic heterocycles. The van der Waals surface area contributed by atoms with Crippen LogP contribution in [0.5, 0.6) is 5.75 Å². The number of carbonyl (C=O) groups excluding carboxylic acids is 2. The van der Waals surface area contributed by atoms with Crippen molar-refractivity contribution in [1.29, 1.82) is 0 Å². The van der Waals surface area contributed by atoms with Crippen LogP contribution in [0, 0.1) is 17.3 Å². The first-order chi connectivity index (χ1) is 20.5. The number of aryl methyl sites for hydroxylation is 1. The Morgan fingerprint density at radius 2 is 1.77 bits per heavy atom. The van der Waals surface area contributed by atoms with E-state index in [-0.39, 0.29) is 28.4 Å². The number of phenolic OH excluding ortho intramolecular Hbond substituents is 1. The number of nitrogens with two attached hydrogens (primary N) is 1. The van der Waals surface area contributed by atoms with Gasteiger partial charge in [0, 0.05) is 17.4 Å². The first kappa shape index (κ1) is 29.4. The third-order valence-electron chi connectivity index (χ3n) is 10.2. The number of hydrogen-bond donors (Lipinski definition) is 3. The fourth-order valence-corrected chi connectivity index (χ4v) is 8.53. The van der Waals surface area contributed by atoms with Crippen molar-refractivity contribution >= 4 is 21.9 Å². The number of carbonyl (C=O) groups is 2. The third-order valence-corrected chi connectivity index (χ3v) is 11.1. The van der Waals surface area contributed by atoms with E-state index in [0.717, 1.165) is 44.1 Å². The van der Waals surface area contributed by atoms with Gasteiger partial charge in [-0.15, -0.1) is 0 Å². The number of amides is 1. The Bertz CT molecular complexity index is 1620. The number of hydrogen-bond acceptors (Lipinski definition) is 6. The summed E-state index contributed by atoms with van der Waals surface area (Å²) in [6.07, 6.45) is 5.79. The van der Waals surface area contributed by atoms with Crippen LogP contribution in [0.1, 0.15) is 72.0 Å². The minimum atomic E-state index is -3.89. The van der Waals surface area contributed by atoms with Crippen molar-refractivity contribution in [3.63, 3.8) is 0 Å². The van der Waals surface area contributed by atoms with Crippen LogP contribution in [-0.2, 0) is 32.4 Å². The second-order valence-corrected chi connectivity index (χ2v) is 14.2. The highest BCUT2D eigenvalue weighted by molar-refractivity contribution is 7.89. The molecule has 0 heterocycles. The normalized spacial score (nSPS) is 26.8. The molecule has 3 aliphatic rings. The van der Waals surface area contributed by atoms with Gasteiger partial charge in [0.25, 0.3) is 5.91 Å². The molecule has 0 saturated heterocycles. The number of ether oxygens (including phenoxy) is 1. The van der Waals surface area contributed by atoms with Crippen molar-refractivity contribution in [2.75, 3.05) is 0 Å². The molecule has 0 aromatic heterocycles.